The predicted molar refractivity (Wildman–Crippen MR) is 120 cm³/mol. The van der Waals surface area contributed by atoms with Crippen LogP contribution in [-0.2, 0) is 6.54 Å². The summed E-state index contributed by atoms with van der Waals surface area (Å²) in [5.74, 6) is 2.15. The van der Waals surface area contributed by atoms with Gasteiger partial charge < -0.3 is 25.0 Å². The lowest BCUT2D eigenvalue weighted by molar-refractivity contribution is 0.311. The molecule has 0 amide bonds. The Bertz CT molecular complexity index is 856. The van der Waals surface area contributed by atoms with Gasteiger partial charge in [-0.3, -0.25) is 0 Å². The van der Waals surface area contributed by atoms with Crippen molar-refractivity contribution >= 4 is 17.3 Å². The number of guanidine groups is 1. The number of hydrogen-bond donors (Lipinski definition) is 2. The number of benzene rings is 2. The van der Waals surface area contributed by atoms with Crippen molar-refractivity contribution in [1.29, 1.82) is 0 Å². The summed E-state index contributed by atoms with van der Waals surface area (Å²) in [6.07, 6.45) is 4.40. The molecule has 0 saturated carbocycles. The van der Waals surface area contributed by atoms with Crippen LogP contribution in [0.15, 0.2) is 59.6 Å². The Morgan fingerprint density at radius 3 is 2.62 bits per heavy atom. The van der Waals surface area contributed by atoms with Gasteiger partial charge in [0, 0.05) is 37.1 Å². The summed E-state index contributed by atoms with van der Waals surface area (Å²) < 4.78 is 11.0. The van der Waals surface area contributed by atoms with E-state index in [1.807, 2.05) is 25.1 Å². The molecule has 0 radical (unpaired) electrons. The monoisotopic (exact) mass is 394 g/mol. The van der Waals surface area contributed by atoms with Gasteiger partial charge in [0.1, 0.15) is 0 Å². The van der Waals surface area contributed by atoms with Crippen LogP contribution in [0.25, 0.3) is 0 Å². The topological polar surface area (TPSA) is 58.1 Å². The molecule has 1 aliphatic rings. The van der Waals surface area contributed by atoms with E-state index < -0.39 is 0 Å². The Balaban J connectivity index is 1.71. The van der Waals surface area contributed by atoms with Crippen LogP contribution < -0.4 is 25.0 Å². The molecule has 154 valence electrons. The average Bonchev–Trinajstić information content (AvgIpc) is 3.28. The molecule has 0 aromatic heterocycles. The molecule has 2 N–H and O–H groups in total. The lowest BCUT2D eigenvalue weighted by atomic mass is 10.2. The quantitative estimate of drug-likeness (QED) is 0.402. The number of nitrogens with zero attached hydrogens (tertiary/aromatic N) is 2. The molecule has 3 rings (SSSR count). The van der Waals surface area contributed by atoms with Crippen molar-refractivity contribution in [2.24, 2.45) is 4.99 Å². The summed E-state index contributed by atoms with van der Waals surface area (Å²) in [5.41, 5.74) is 3.30. The molecule has 1 heterocycles. The highest BCUT2D eigenvalue weighted by atomic mass is 16.5. The van der Waals surface area contributed by atoms with E-state index in [-0.39, 0.29) is 0 Å². The molecule has 0 fully saturated rings. The van der Waals surface area contributed by atoms with Crippen LogP contribution in [0, 0.1) is 0 Å². The van der Waals surface area contributed by atoms with Crippen molar-refractivity contribution < 1.29 is 9.47 Å². The molecule has 6 nitrogen and oxygen atoms in total. The molecule has 0 saturated heterocycles. The molecule has 0 unspecified atom stereocenters. The first-order valence-electron chi connectivity index (χ1n) is 10.1. The third-order valence-electron chi connectivity index (χ3n) is 4.58. The van der Waals surface area contributed by atoms with Gasteiger partial charge >= 0.3 is 0 Å². The zero-order valence-corrected chi connectivity index (χ0v) is 17.4. The lowest BCUT2D eigenvalue weighted by Gasteiger charge is -2.18. The smallest absolute Gasteiger partial charge is 0.196 e. The van der Waals surface area contributed by atoms with Crippen molar-refractivity contribution in [3.05, 3.63) is 60.2 Å². The highest BCUT2D eigenvalue weighted by molar-refractivity contribution is 5.93. The third-order valence-corrected chi connectivity index (χ3v) is 4.58. The van der Waals surface area contributed by atoms with Gasteiger partial charge in [-0.2, -0.15) is 0 Å². The Morgan fingerprint density at radius 1 is 1.07 bits per heavy atom. The molecule has 0 bridgehead atoms. The van der Waals surface area contributed by atoms with Gasteiger partial charge in [-0.05, 0) is 43.7 Å². The fraction of sp³-hybridized carbons (Fsp3) is 0.348. The molecule has 0 atom stereocenters. The second-order valence-corrected chi connectivity index (χ2v) is 6.67. The maximum Gasteiger partial charge on any atom is 0.196 e. The summed E-state index contributed by atoms with van der Waals surface area (Å²) in [5, 5.41) is 6.64. The van der Waals surface area contributed by atoms with Crippen LogP contribution in [0.1, 0.15) is 19.4 Å². The summed E-state index contributed by atoms with van der Waals surface area (Å²) in [6, 6.07) is 14.3. The third kappa shape index (κ3) is 5.67. The Labute approximate surface area is 173 Å². The fourth-order valence-corrected chi connectivity index (χ4v) is 3.17. The van der Waals surface area contributed by atoms with Crippen LogP contribution in [0.2, 0.25) is 0 Å². The van der Waals surface area contributed by atoms with E-state index in [9.17, 15) is 0 Å². The first-order chi connectivity index (χ1) is 14.2. The normalized spacial score (nSPS) is 13.5. The molecular formula is C23H30N4O2. The number of aliphatic imine (C=N–C) groups is 1. The lowest BCUT2D eigenvalue weighted by Crippen LogP contribution is -2.30. The predicted octanol–water partition coefficient (Wildman–Crippen LogP) is 4.05. The minimum atomic E-state index is 0.596. The summed E-state index contributed by atoms with van der Waals surface area (Å²) in [6.45, 7) is 7.92. The number of nitrogens with one attached hydrogen (secondary N) is 2. The summed E-state index contributed by atoms with van der Waals surface area (Å²) in [7, 11) is 1.64. The summed E-state index contributed by atoms with van der Waals surface area (Å²) in [4.78, 5) is 7.09. The van der Waals surface area contributed by atoms with Crippen molar-refractivity contribution in [3.63, 3.8) is 0 Å². The first-order valence-corrected chi connectivity index (χ1v) is 10.1. The first kappa shape index (κ1) is 20.6. The van der Waals surface area contributed by atoms with Gasteiger partial charge in [0.05, 0.1) is 20.3 Å². The molecule has 0 spiro atoms. The van der Waals surface area contributed by atoms with Crippen molar-refractivity contribution in [2.45, 2.75) is 20.4 Å². The maximum atomic E-state index is 5.59. The Hall–Kier alpha value is -3.15. The standard InChI is InChI=1S/C23H30N4O2/c1-4-24-23(26-19-11-12-21(29-5-2)22(16-19)28-3)25-17-18-9-8-10-20(15-18)27-13-6-7-14-27/h6-12,15-16H,4-5,13-14,17H2,1-3H3,(H2,24,25,26). The molecule has 6 heteroatoms. The second-order valence-electron chi connectivity index (χ2n) is 6.67. The van der Waals surface area contributed by atoms with E-state index in [2.05, 4.69) is 58.9 Å². The van der Waals surface area contributed by atoms with Gasteiger partial charge in [0.15, 0.2) is 17.5 Å². The van der Waals surface area contributed by atoms with Crippen LogP contribution in [-0.4, -0.2) is 39.3 Å². The molecule has 1 aliphatic heterocycles. The highest BCUT2D eigenvalue weighted by Gasteiger charge is 2.09. The molecule has 0 aliphatic carbocycles. The number of anilines is 2. The van der Waals surface area contributed by atoms with E-state index >= 15 is 0 Å². The van der Waals surface area contributed by atoms with Crippen LogP contribution in [0.4, 0.5) is 11.4 Å². The van der Waals surface area contributed by atoms with E-state index in [1.165, 1.54) is 11.3 Å². The number of hydrogen-bond acceptors (Lipinski definition) is 4. The van der Waals surface area contributed by atoms with Crippen molar-refractivity contribution in [2.75, 3.05) is 43.6 Å². The number of methoxy groups -OCH3 is 1. The van der Waals surface area contributed by atoms with Crippen molar-refractivity contribution in [3.8, 4) is 11.5 Å². The van der Waals surface area contributed by atoms with E-state index in [4.69, 9.17) is 14.5 Å². The highest BCUT2D eigenvalue weighted by Crippen LogP contribution is 2.30. The van der Waals surface area contributed by atoms with E-state index in [0.29, 0.717) is 18.9 Å². The van der Waals surface area contributed by atoms with Crippen LogP contribution in [0.5, 0.6) is 11.5 Å². The van der Waals surface area contributed by atoms with Gasteiger partial charge in [-0.25, -0.2) is 4.99 Å². The molecule has 2 aromatic rings. The van der Waals surface area contributed by atoms with Crippen LogP contribution in [0.3, 0.4) is 0 Å². The van der Waals surface area contributed by atoms with Gasteiger partial charge in [0.2, 0.25) is 0 Å². The minimum absolute atomic E-state index is 0.596. The van der Waals surface area contributed by atoms with E-state index in [1.54, 1.807) is 7.11 Å². The minimum Gasteiger partial charge on any atom is -0.493 e. The van der Waals surface area contributed by atoms with Gasteiger partial charge in [0.25, 0.3) is 0 Å². The molecule has 2 aromatic carbocycles. The Morgan fingerprint density at radius 2 is 1.90 bits per heavy atom. The second kappa shape index (κ2) is 10.4. The number of rotatable bonds is 8. The SMILES string of the molecule is CCNC(=NCc1cccc(N2CC=CC2)c1)Nc1ccc(OCC)c(OC)c1. The Kier molecular flexibility index (Phi) is 7.39. The molecule has 29 heavy (non-hydrogen) atoms. The zero-order chi connectivity index (χ0) is 20.5. The molecular weight excluding hydrogens is 364 g/mol. The summed E-state index contributed by atoms with van der Waals surface area (Å²) >= 11 is 0. The van der Waals surface area contributed by atoms with Crippen LogP contribution >= 0.6 is 0 Å². The van der Waals surface area contributed by atoms with Gasteiger partial charge in [-0.1, -0.05) is 24.3 Å². The average molecular weight is 395 g/mol. The number of ether oxygens (including phenoxy) is 2. The largest absolute Gasteiger partial charge is 0.493 e. The zero-order valence-electron chi connectivity index (χ0n) is 17.4. The van der Waals surface area contributed by atoms with E-state index in [0.717, 1.165) is 37.0 Å². The fourth-order valence-electron chi connectivity index (χ4n) is 3.17. The van der Waals surface area contributed by atoms with Gasteiger partial charge in [-0.15, -0.1) is 0 Å². The van der Waals surface area contributed by atoms with Crippen molar-refractivity contribution in [1.82, 2.24) is 5.32 Å². The maximum absolute atomic E-state index is 5.59.